The molecule has 1 aliphatic rings. The van der Waals surface area contributed by atoms with Gasteiger partial charge in [-0.25, -0.2) is 18.0 Å². The van der Waals surface area contributed by atoms with Crippen LogP contribution in [0.2, 0.25) is 0 Å². The summed E-state index contributed by atoms with van der Waals surface area (Å²) in [4.78, 5) is 22.7. The van der Waals surface area contributed by atoms with Crippen LogP contribution >= 0.6 is 0 Å². The normalized spacial score (nSPS) is 26.5. The summed E-state index contributed by atoms with van der Waals surface area (Å²) in [7, 11) is -4.37. The first-order valence-electron chi connectivity index (χ1n) is 4.86. The van der Waals surface area contributed by atoms with Gasteiger partial charge in [0.05, 0.1) is 13.2 Å². The smallest absolute Gasteiger partial charge is 0.401 e. The standard InChI is InChI=1S/C8H12O8S/c1-3-13-7(9)5-6(8(10)14-4-2)16-17(11,12)15-5/h5-6H,3-4H2,1-2H3/t5-,6-/m1/s1. The molecule has 1 heterocycles. The Morgan fingerprint density at radius 1 is 1.00 bits per heavy atom. The van der Waals surface area contributed by atoms with Crippen molar-refractivity contribution in [1.29, 1.82) is 0 Å². The number of hydrogen-bond donors (Lipinski definition) is 0. The summed E-state index contributed by atoms with van der Waals surface area (Å²) in [5, 5.41) is 0. The van der Waals surface area contributed by atoms with Gasteiger partial charge in [-0.1, -0.05) is 0 Å². The van der Waals surface area contributed by atoms with Crippen LogP contribution < -0.4 is 0 Å². The van der Waals surface area contributed by atoms with Crippen molar-refractivity contribution in [2.75, 3.05) is 13.2 Å². The molecule has 9 heteroatoms. The van der Waals surface area contributed by atoms with Crippen LogP contribution in [0, 0.1) is 0 Å². The molecule has 1 fully saturated rings. The predicted octanol–water partition coefficient (Wildman–Crippen LogP) is -0.859. The lowest BCUT2D eigenvalue weighted by Gasteiger charge is -2.11. The molecule has 0 saturated carbocycles. The van der Waals surface area contributed by atoms with E-state index < -0.39 is 34.5 Å². The van der Waals surface area contributed by atoms with E-state index in [1.807, 2.05) is 0 Å². The third-order valence-corrected chi connectivity index (χ3v) is 2.64. The van der Waals surface area contributed by atoms with E-state index in [1.54, 1.807) is 0 Å². The van der Waals surface area contributed by atoms with E-state index in [4.69, 9.17) is 0 Å². The van der Waals surface area contributed by atoms with Gasteiger partial charge in [0, 0.05) is 0 Å². The average Bonchev–Trinajstić information content (AvgIpc) is 2.55. The molecule has 0 bridgehead atoms. The lowest BCUT2D eigenvalue weighted by molar-refractivity contribution is -0.163. The van der Waals surface area contributed by atoms with Crippen molar-refractivity contribution in [3.8, 4) is 0 Å². The summed E-state index contributed by atoms with van der Waals surface area (Å²) < 4.78 is 39.8. The summed E-state index contributed by atoms with van der Waals surface area (Å²) in [6.07, 6.45) is -3.31. The summed E-state index contributed by atoms with van der Waals surface area (Å²) in [6, 6.07) is 0. The highest BCUT2D eigenvalue weighted by Crippen LogP contribution is 2.22. The molecule has 0 aliphatic carbocycles. The summed E-state index contributed by atoms with van der Waals surface area (Å²) in [5.74, 6) is -1.99. The van der Waals surface area contributed by atoms with Gasteiger partial charge in [0.2, 0.25) is 12.2 Å². The Bertz CT molecular complexity index is 368. The predicted molar refractivity (Wildman–Crippen MR) is 51.9 cm³/mol. The highest BCUT2D eigenvalue weighted by molar-refractivity contribution is 7.82. The van der Waals surface area contributed by atoms with E-state index in [-0.39, 0.29) is 13.2 Å². The van der Waals surface area contributed by atoms with Gasteiger partial charge in [-0.15, -0.1) is 0 Å². The van der Waals surface area contributed by atoms with Crippen LogP contribution in [0.15, 0.2) is 0 Å². The molecule has 1 rings (SSSR count). The zero-order valence-corrected chi connectivity index (χ0v) is 10.1. The van der Waals surface area contributed by atoms with Gasteiger partial charge in [-0.2, -0.15) is 8.42 Å². The van der Waals surface area contributed by atoms with Crippen LogP contribution in [0.1, 0.15) is 13.8 Å². The minimum absolute atomic E-state index is 0.0221. The number of carbonyl (C=O) groups excluding carboxylic acids is 2. The van der Waals surface area contributed by atoms with Gasteiger partial charge >= 0.3 is 22.3 Å². The molecule has 8 nitrogen and oxygen atoms in total. The Labute approximate surface area is 98.1 Å². The maximum absolute atomic E-state index is 11.4. The minimum Gasteiger partial charge on any atom is -0.464 e. The zero-order valence-electron chi connectivity index (χ0n) is 9.24. The van der Waals surface area contributed by atoms with Crippen molar-refractivity contribution in [1.82, 2.24) is 0 Å². The fraction of sp³-hybridized carbons (Fsp3) is 0.750. The van der Waals surface area contributed by atoms with E-state index in [2.05, 4.69) is 17.8 Å². The van der Waals surface area contributed by atoms with Gasteiger partial charge in [0.1, 0.15) is 0 Å². The molecule has 0 aromatic heterocycles. The summed E-state index contributed by atoms with van der Waals surface area (Å²) in [6.45, 7) is 3.10. The maximum Gasteiger partial charge on any atom is 0.401 e. The summed E-state index contributed by atoms with van der Waals surface area (Å²) >= 11 is 0. The third kappa shape index (κ3) is 3.38. The number of carbonyl (C=O) groups is 2. The fourth-order valence-electron chi connectivity index (χ4n) is 1.15. The van der Waals surface area contributed by atoms with Crippen LogP contribution in [-0.4, -0.2) is 45.8 Å². The maximum atomic E-state index is 11.4. The topological polar surface area (TPSA) is 105 Å². The third-order valence-electron chi connectivity index (χ3n) is 1.76. The van der Waals surface area contributed by atoms with Crippen molar-refractivity contribution in [2.45, 2.75) is 26.1 Å². The monoisotopic (exact) mass is 268 g/mol. The van der Waals surface area contributed by atoms with Crippen LogP contribution in [-0.2, 0) is 37.8 Å². The van der Waals surface area contributed by atoms with E-state index >= 15 is 0 Å². The van der Waals surface area contributed by atoms with Gasteiger partial charge < -0.3 is 9.47 Å². The Morgan fingerprint density at radius 2 is 1.35 bits per heavy atom. The molecular formula is C8H12O8S. The molecule has 0 N–H and O–H groups in total. The average molecular weight is 268 g/mol. The second kappa shape index (κ2) is 5.43. The van der Waals surface area contributed by atoms with Crippen LogP contribution in [0.4, 0.5) is 0 Å². The Morgan fingerprint density at radius 3 is 1.65 bits per heavy atom. The van der Waals surface area contributed by atoms with Gasteiger partial charge in [0.15, 0.2) is 0 Å². The SMILES string of the molecule is CCOC(=O)[C@@H]1OS(=O)(=O)O[C@H]1C(=O)OCC. The highest BCUT2D eigenvalue weighted by Gasteiger charge is 2.50. The number of esters is 2. The van der Waals surface area contributed by atoms with Crippen molar-refractivity contribution in [3.63, 3.8) is 0 Å². The summed E-state index contributed by atoms with van der Waals surface area (Å²) in [5.41, 5.74) is 0. The molecule has 2 atom stereocenters. The number of ether oxygens (including phenoxy) is 2. The lowest BCUT2D eigenvalue weighted by Crippen LogP contribution is -2.39. The van der Waals surface area contributed by atoms with Crippen molar-refractivity contribution in [2.24, 2.45) is 0 Å². The quantitative estimate of drug-likeness (QED) is 0.606. The van der Waals surface area contributed by atoms with Gasteiger partial charge in [-0.05, 0) is 13.8 Å². The first-order chi connectivity index (χ1) is 7.91. The van der Waals surface area contributed by atoms with Crippen LogP contribution in [0.3, 0.4) is 0 Å². The molecule has 98 valence electrons. The second-order valence-electron chi connectivity index (χ2n) is 2.95. The van der Waals surface area contributed by atoms with Crippen molar-refractivity contribution in [3.05, 3.63) is 0 Å². The second-order valence-corrected chi connectivity index (χ2v) is 4.15. The van der Waals surface area contributed by atoms with E-state index in [9.17, 15) is 18.0 Å². The number of rotatable bonds is 4. The minimum atomic E-state index is -4.37. The fourth-order valence-corrected chi connectivity index (χ4v) is 2.06. The molecule has 17 heavy (non-hydrogen) atoms. The van der Waals surface area contributed by atoms with Gasteiger partial charge in [-0.3, -0.25) is 0 Å². The van der Waals surface area contributed by atoms with Crippen LogP contribution in [0.25, 0.3) is 0 Å². The van der Waals surface area contributed by atoms with E-state index in [1.165, 1.54) is 13.8 Å². The molecule has 0 aromatic carbocycles. The van der Waals surface area contributed by atoms with Crippen molar-refractivity contribution >= 4 is 22.3 Å². The Balaban J connectivity index is 2.85. The molecular weight excluding hydrogens is 256 g/mol. The molecule has 1 aliphatic heterocycles. The molecule has 0 aromatic rings. The largest absolute Gasteiger partial charge is 0.464 e. The van der Waals surface area contributed by atoms with Crippen molar-refractivity contribution < 1.29 is 35.8 Å². The molecule has 0 amide bonds. The number of hydrogen-bond acceptors (Lipinski definition) is 8. The van der Waals surface area contributed by atoms with E-state index in [0.717, 1.165) is 0 Å². The Hall–Kier alpha value is -1.19. The first kappa shape index (κ1) is 13.9. The molecule has 0 unspecified atom stereocenters. The van der Waals surface area contributed by atoms with Gasteiger partial charge in [0.25, 0.3) is 0 Å². The Kier molecular flexibility index (Phi) is 4.43. The van der Waals surface area contributed by atoms with Crippen LogP contribution in [0.5, 0.6) is 0 Å². The first-order valence-corrected chi connectivity index (χ1v) is 6.19. The molecule has 1 saturated heterocycles. The van der Waals surface area contributed by atoms with E-state index in [0.29, 0.717) is 0 Å². The lowest BCUT2D eigenvalue weighted by atomic mass is 10.2. The molecule has 0 radical (unpaired) electrons. The highest BCUT2D eigenvalue weighted by atomic mass is 32.3. The molecule has 0 spiro atoms. The zero-order chi connectivity index (χ0) is 13.1.